The second-order valence-corrected chi connectivity index (χ2v) is 8.22. The molecule has 0 amide bonds. The molecule has 2 aromatic rings. The average Bonchev–Trinajstić information content (AvgIpc) is 2.51. The molecule has 0 aliphatic carbocycles. The third-order valence-corrected chi connectivity index (χ3v) is 4.06. The van der Waals surface area contributed by atoms with E-state index in [0.29, 0.717) is 11.4 Å². The van der Waals surface area contributed by atoms with Gasteiger partial charge in [-0.3, -0.25) is 9.97 Å². The third kappa shape index (κ3) is 3.82. The van der Waals surface area contributed by atoms with Crippen LogP contribution in [0.1, 0.15) is 64.1 Å². The highest BCUT2D eigenvalue weighted by atomic mass is 16.3. The molecule has 24 heavy (non-hydrogen) atoms. The summed E-state index contributed by atoms with van der Waals surface area (Å²) < 4.78 is 0. The lowest BCUT2D eigenvalue weighted by atomic mass is 9.89. The Bertz CT molecular complexity index is 662. The number of hydrogen-bond donors (Lipinski definition) is 2. The number of nitrogens with zero attached hydrogens (tertiary/aromatic N) is 2. The molecule has 130 valence electrons. The van der Waals surface area contributed by atoms with E-state index in [4.69, 9.17) is 9.97 Å². The molecule has 0 saturated carbocycles. The predicted molar refractivity (Wildman–Crippen MR) is 96.7 cm³/mol. The maximum atomic E-state index is 9.74. The zero-order valence-corrected chi connectivity index (χ0v) is 15.5. The molecule has 0 aliphatic heterocycles. The van der Waals surface area contributed by atoms with E-state index >= 15 is 0 Å². The van der Waals surface area contributed by atoms with Crippen LogP contribution in [-0.4, -0.2) is 20.2 Å². The van der Waals surface area contributed by atoms with Crippen molar-refractivity contribution in [2.45, 2.75) is 65.6 Å². The van der Waals surface area contributed by atoms with Gasteiger partial charge in [0.25, 0.3) is 0 Å². The van der Waals surface area contributed by atoms with E-state index in [1.165, 1.54) is 0 Å². The normalized spacial score (nSPS) is 12.5. The molecule has 0 aliphatic rings. The van der Waals surface area contributed by atoms with Gasteiger partial charge in [-0.25, -0.2) is 0 Å². The van der Waals surface area contributed by atoms with Crippen molar-refractivity contribution in [1.82, 2.24) is 9.97 Å². The van der Waals surface area contributed by atoms with E-state index in [2.05, 4.69) is 41.5 Å². The minimum Gasteiger partial charge on any atom is -0.392 e. The van der Waals surface area contributed by atoms with Gasteiger partial charge in [0, 0.05) is 33.3 Å². The first kappa shape index (κ1) is 18.6. The Labute approximate surface area is 144 Å². The summed E-state index contributed by atoms with van der Waals surface area (Å²) in [6.07, 6.45) is 0. The van der Waals surface area contributed by atoms with Crippen LogP contribution in [-0.2, 0) is 24.0 Å². The molecular weight excluding hydrogens is 300 g/mol. The number of rotatable bonds is 3. The summed E-state index contributed by atoms with van der Waals surface area (Å²) in [6.45, 7) is 12.4. The van der Waals surface area contributed by atoms with Gasteiger partial charge in [-0.1, -0.05) is 53.7 Å². The molecule has 2 aromatic heterocycles. The van der Waals surface area contributed by atoms with Crippen LogP contribution >= 0.6 is 0 Å². The Morgan fingerprint density at radius 1 is 0.667 bits per heavy atom. The average molecular weight is 328 g/mol. The fraction of sp³-hybridized carbons (Fsp3) is 0.500. The monoisotopic (exact) mass is 328 g/mol. The molecule has 0 aromatic carbocycles. The van der Waals surface area contributed by atoms with Crippen LogP contribution in [0.15, 0.2) is 24.3 Å². The van der Waals surface area contributed by atoms with Gasteiger partial charge >= 0.3 is 0 Å². The molecule has 0 unspecified atom stereocenters. The highest BCUT2D eigenvalue weighted by Gasteiger charge is 2.22. The fourth-order valence-corrected chi connectivity index (χ4v) is 2.48. The third-order valence-electron chi connectivity index (χ3n) is 4.06. The minimum absolute atomic E-state index is 0.107. The van der Waals surface area contributed by atoms with E-state index in [1.807, 2.05) is 24.3 Å². The van der Waals surface area contributed by atoms with Crippen molar-refractivity contribution in [3.8, 4) is 11.4 Å². The molecule has 0 atom stereocenters. The molecule has 2 heterocycles. The smallest absolute Gasteiger partial charge is 0.0948 e. The zero-order chi connectivity index (χ0) is 18.1. The highest BCUT2D eigenvalue weighted by Crippen LogP contribution is 2.30. The molecule has 2 rings (SSSR count). The number of aromatic nitrogens is 2. The topological polar surface area (TPSA) is 66.2 Å². The fourth-order valence-electron chi connectivity index (χ4n) is 2.48. The number of aliphatic hydroxyl groups excluding tert-OH is 2. The van der Waals surface area contributed by atoms with E-state index in [0.717, 1.165) is 22.5 Å². The zero-order valence-electron chi connectivity index (χ0n) is 15.5. The summed E-state index contributed by atoms with van der Waals surface area (Å²) in [4.78, 5) is 9.57. The Morgan fingerprint density at radius 3 is 1.25 bits per heavy atom. The molecular formula is C20H28N2O2. The lowest BCUT2D eigenvalue weighted by Crippen LogP contribution is -2.17. The Hall–Kier alpha value is -1.78. The van der Waals surface area contributed by atoms with Gasteiger partial charge in [0.05, 0.1) is 24.6 Å². The summed E-state index contributed by atoms with van der Waals surface area (Å²) in [6, 6.07) is 7.69. The molecule has 0 radical (unpaired) electrons. The SMILES string of the molecule is CC(C)(C)c1ccc(CO)c(-c2nc(C(C)(C)C)ccc2CO)n1. The quantitative estimate of drug-likeness (QED) is 0.901. The highest BCUT2D eigenvalue weighted by molar-refractivity contribution is 5.63. The van der Waals surface area contributed by atoms with Crippen LogP contribution in [0.25, 0.3) is 11.4 Å². The maximum absolute atomic E-state index is 9.74. The molecule has 2 N–H and O–H groups in total. The van der Waals surface area contributed by atoms with Crippen LogP contribution in [0, 0.1) is 0 Å². The molecule has 0 spiro atoms. The van der Waals surface area contributed by atoms with Gasteiger partial charge in [0.2, 0.25) is 0 Å². The van der Waals surface area contributed by atoms with Crippen molar-refractivity contribution in [2.75, 3.05) is 0 Å². The lowest BCUT2D eigenvalue weighted by Gasteiger charge is -2.22. The van der Waals surface area contributed by atoms with Crippen LogP contribution < -0.4 is 0 Å². The van der Waals surface area contributed by atoms with Gasteiger partial charge in [0.1, 0.15) is 0 Å². The van der Waals surface area contributed by atoms with E-state index in [-0.39, 0.29) is 24.0 Å². The first-order valence-corrected chi connectivity index (χ1v) is 8.31. The Kier molecular flexibility index (Phi) is 5.11. The van der Waals surface area contributed by atoms with Gasteiger partial charge in [-0.2, -0.15) is 0 Å². The standard InChI is InChI=1S/C20H28N2O2/c1-19(2,3)15-9-7-13(11-23)17(21-15)18-14(12-24)8-10-16(22-18)20(4,5)6/h7-10,23-24H,11-12H2,1-6H3. The number of pyridine rings is 2. The van der Waals surface area contributed by atoms with Gasteiger partial charge in [-0.15, -0.1) is 0 Å². The second kappa shape index (κ2) is 6.61. The van der Waals surface area contributed by atoms with Crippen molar-refractivity contribution >= 4 is 0 Å². The molecule has 0 bridgehead atoms. The van der Waals surface area contributed by atoms with Crippen molar-refractivity contribution in [2.24, 2.45) is 0 Å². The van der Waals surface area contributed by atoms with Gasteiger partial charge in [-0.05, 0) is 12.1 Å². The first-order valence-electron chi connectivity index (χ1n) is 8.31. The van der Waals surface area contributed by atoms with E-state index in [9.17, 15) is 10.2 Å². The summed E-state index contributed by atoms with van der Waals surface area (Å²) in [5.74, 6) is 0. The molecule has 0 saturated heterocycles. The molecule has 4 heteroatoms. The van der Waals surface area contributed by atoms with Gasteiger partial charge < -0.3 is 10.2 Å². The molecule has 4 nitrogen and oxygen atoms in total. The summed E-state index contributed by atoms with van der Waals surface area (Å²) in [5.41, 5.74) is 4.39. The minimum atomic E-state index is -0.112. The van der Waals surface area contributed by atoms with Crippen LogP contribution in [0.4, 0.5) is 0 Å². The lowest BCUT2D eigenvalue weighted by molar-refractivity contribution is 0.279. The molecule has 0 fully saturated rings. The summed E-state index contributed by atoms with van der Waals surface area (Å²) in [7, 11) is 0. The second-order valence-electron chi connectivity index (χ2n) is 8.22. The van der Waals surface area contributed by atoms with E-state index in [1.54, 1.807) is 0 Å². The number of hydrogen-bond acceptors (Lipinski definition) is 4. The number of aliphatic hydroxyl groups is 2. The summed E-state index contributed by atoms with van der Waals surface area (Å²) in [5, 5.41) is 19.5. The van der Waals surface area contributed by atoms with Crippen LogP contribution in [0.3, 0.4) is 0 Å². The Morgan fingerprint density at radius 2 is 1.00 bits per heavy atom. The maximum Gasteiger partial charge on any atom is 0.0948 e. The van der Waals surface area contributed by atoms with Crippen molar-refractivity contribution in [3.05, 3.63) is 46.8 Å². The first-order chi connectivity index (χ1) is 11.1. The van der Waals surface area contributed by atoms with Crippen molar-refractivity contribution in [3.63, 3.8) is 0 Å². The van der Waals surface area contributed by atoms with Crippen molar-refractivity contribution in [1.29, 1.82) is 0 Å². The Balaban J connectivity index is 2.73. The predicted octanol–water partition coefficient (Wildman–Crippen LogP) is 3.72. The summed E-state index contributed by atoms with van der Waals surface area (Å²) >= 11 is 0. The van der Waals surface area contributed by atoms with Crippen LogP contribution in [0.2, 0.25) is 0 Å². The van der Waals surface area contributed by atoms with Gasteiger partial charge in [0.15, 0.2) is 0 Å². The van der Waals surface area contributed by atoms with E-state index < -0.39 is 0 Å². The van der Waals surface area contributed by atoms with Crippen LogP contribution in [0.5, 0.6) is 0 Å². The van der Waals surface area contributed by atoms with Crippen molar-refractivity contribution < 1.29 is 10.2 Å². The largest absolute Gasteiger partial charge is 0.392 e.